The monoisotopic (exact) mass is 215 g/mol. The molecule has 0 spiro atoms. The molecule has 7 nitrogen and oxygen atoms in total. The third-order valence-corrected chi connectivity index (χ3v) is 1.98. The molecule has 86 valence electrons. The number of hydroxylamine groups is 1. The summed E-state index contributed by atoms with van der Waals surface area (Å²) in [5.74, 6) is 0.157. The molecular weight excluding hydrogens is 198 g/mol. The van der Waals surface area contributed by atoms with Crippen LogP contribution in [0.3, 0.4) is 0 Å². The number of hydrogen-bond donors (Lipinski definition) is 3. The average Bonchev–Trinajstić information content (AvgIpc) is 2.26. The summed E-state index contributed by atoms with van der Waals surface area (Å²) in [7, 11) is 3.39. The lowest BCUT2D eigenvalue weighted by Crippen LogP contribution is -2.47. The molecule has 0 bridgehead atoms. The second kappa shape index (κ2) is 5.40. The summed E-state index contributed by atoms with van der Waals surface area (Å²) in [6.45, 7) is 2.58. The minimum Gasteiger partial charge on any atom is -0.378 e. The van der Waals surface area contributed by atoms with Crippen molar-refractivity contribution in [1.29, 1.82) is 10.8 Å². The van der Waals surface area contributed by atoms with E-state index in [1.165, 1.54) is 4.90 Å². The molecule has 0 unspecified atom stereocenters. The highest BCUT2D eigenvalue weighted by atomic mass is 16.7. The van der Waals surface area contributed by atoms with Crippen LogP contribution in [0.15, 0.2) is 0 Å². The fourth-order valence-corrected chi connectivity index (χ4v) is 1.04. The van der Waals surface area contributed by atoms with E-state index in [1.54, 1.807) is 19.0 Å². The summed E-state index contributed by atoms with van der Waals surface area (Å²) in [5, 5.41) is 15.0. The molecule has 1 aliphatic heterocycles. The van der Waals surface area contributed by atoms with Gasteiger partial charge >= 0.3 is 6.02 Å². The standard InChI is InChI=1S/C8H17N5O2/c1-12(2)8(10)15-11-7(9)13-3-5-14-6-4-13/h10H,3-6H2,1-2H3,(H2,9,11). The van der Waals surface area contributed by atoms with Crippen LogP contribution in [0.5, 0.6) is 0 Å². The molecule has 0 atom stereocenters. The van der Waals surface area contributed by atoms with E-state index in [1.807, 2.05) is 0 Å². The zero-order chi connectivity index (χ0) is 11.3. The van der Waals surface area contributed by atoms with E-state index in [0.717, 1.165) is 0 Å². The van der Waals surface area contributed by atoms with Gasteiger partial charge in [0.2, 0.25) is 5.96 Å². The van der Waals surface area contributed by atoms with Crippen molar-refractivity contribution < 1.29 is 9.57 Å². The van der Waals surface area contributed by atoms with Crippen molar-refractivity contribution in [2.24, 2.45) is 0 Å². The molecule has 0 aliphatic carbocycles. The highest BCUT2D eigenvalue weighted by molar-refractivity contribution is 5.78. The van der Waals surface area contributed by atoms with E-state index < -0.39 is 0 Å². The van der Waals surface area contributed by atoms with Gasteiger partial charge < -0.3 is 19.4 Å². The Kier molecular flexibility index (Phi) is 4.17. The summed E-state index contributed by atoms with van der Waals surface area (Å²) in [4.78, 5) is 8.17. The molecule has 0 amide bonds. The Bertz CT molecular complexity index is 237. The fraction of sp³-hybridized carbons (Fsp3) is 0.750. The number of nitrogens with zero attached hydrogens (tertiary/aromatic N) is 2. The lowest BCUT2D eigenvalue weighted by Gasteiger charge is -2.28. The third kappa shape index (κ3) is 3.62. The number of rotatable bonds is 0. The van der Waals surface area contributed by atoms with E-state index >= 15 is 0 Å². The van der Waals surface area contributed by atoms with E-state index in [0.29, 0.717) is 26.3 Å². The Morgan fingerprint density at radius 3 is 2.47 bits per heavy atom. The number of amidine groups is 1. The van der Waals surface area contributed by atoms with Gasteiger partial charge in [0.05, 0.1) is 13.2 Å². The Hall–Kier alpha value is -1.50. The van der Waals surface area contributed by atoms with Gasteiger partial charge in [-0.3, -0.25) is 5.41 Å². The van der Waals surface area contributed by atoms with Crippen LogP contribution in [-0.4, -0.2) is 62.2 Å². The number of ether oxygens (including phenoxy) is 1. The first-order valence-corrected chi connectivity index (χ1v) is 4.71. The van der Waals surface area contributed by atoms with Gasteiger partial charge in [0.1, 0.15) is 0 Å². The maximum Gasteiger partial charge on any atom is 0.311 e. The van der Waals surface area contributed by atoms with Crippen molar-refractivity contribution in [3.05, 3.63) is 0 Å². The maximum absolute atomic E-state index is 7.64. The summed E-state index contributed by atoms with van der Waals surface area (Å²) in [6, 6.07) is -0.0343. The van der Waals surface area contributed by atoms with Crippen LogP contribution in [0, 0.1) is 10.8 Å². The zero-order valence-corrected chi connectivity index (χ0v) is 9.04. The summed E-state index contributed by atoms with van der Waals surface area (Å²) in [5.41, 5.74) is 2.42. The van der Waals surface area contributed by atoms with Gasteiger partial charge in [-0.25, -0.2) is 5.41 Å². The lowest BCUT2D eigenvalue weighted by molar-refractivity contribution is 0.0604. The molecule has 1 heterocycles. The summed E-state index contributed by atoms with van der Waals surface area (Å²) in [6.07, 6.45) is 0. The van der Waals surface area contributed by atoms with E-state index in [-0.39, 0.29) is 12.0 Å². The summed E-state index contributed by atoms with van der Waals surface area (Å²) >= 11 is 0. The molecule has 1 rings (SSSR count). The second-order valence-electron chi connectivity index (χ2n) is 3.35. The van der Waals surface area contributed by atoms with Crippen molar-refractivity contribution >= 4 is 12.0 Å². The number of nitrogens with one attached hydrogen (secondary N) is 3. The molecule has 0 aromatic rings. The number of guanidine groups is 1. The fourth-order valence-electron chi connectivity index (χ4n) is 1.04. The van der Waals surface area contributed by atoms with Crippen LogP contribution >= 0.6 is 0 Å². The lowest BCUT2D eigenvalue weighted by atomic mass is 10.4. The van der Waals surface area contributed by atoms with E-state index in [9.17, 15) is 0 Å². The predicted molar refractivity (Wildman–Crippen MR) is 55.8 cm³/mol. The van der Waals surface area contributed by atoms with Crippen LogP contribution in [0.1, 0.15) is 0 Å². The minimum absolute atomic E-state index is 0.0343. The third-order valence-electron chi connectivity index (χ3n) is 1.98. The SMILES string of the molecule is CN(C)C(=N)ONC(=N)N1CCOCC1. The van der Waals surface area contributed by atoms with E-state index in [4.69, 9.17) is 20.4 Å². The van der Waals surface area contributed by atoms with Gasteiger partial charge in [-0.2, -0.15) is 5.48 Å². The quantitative estimate of drug-likeness (QED) is 0.282. The van der Waals surface area contributed by atoms with Gasteiger partial charge in [0.25, 0.3) is 0 Å². The van der Waals surface area contributed by atoms with Crippen LogP contribution in [0.4, 0.5) is 0 Å². The molecule has 1 saturated heterocycles. The van der Waals surface area contributed by atoms with Crippen LogP contribution in [0.2, 0.25) is 0 Å². The van der Waals surface area contributed by atoms with Crippen molar-refractivity contribution in [3.8, 4) is 0 Å². The topological polar surface area (TPSA) is 84.7 Å². The van der Waals surface area contributed by atoms with Crippen molar-refractivity contribution in [2.75, 3.05) is 40.4 Å². The van der Waals surface area contributed by atoms with Gasteiger partial charge in [0, 0.05) is 27.2 Å². The molecule has 1 aliphatic rings. The maximum atomic E-state index is 7.64. The van der Waals surface area contributed by atoms with Gasteiger partial charge in [0.15, 0.2) is 0 Å². The van der Waals surface area contributed by atoms with E-state index in [2.05, 4.69) is 5.48 Å². The Balaban J connectivity index is 2.26. The highest BCUT2D eigenvalue weighted by Crippen LogP contribution is 1.95. The minimum atomic E-state index is -0.0343. The Morgan fingerprint density at radius 1 is 1.33 bits per heavy atom. The van der Waals surface area contributed by atoms with Gasteiger partial charge in [-0.15, -0.1) is 0 Å². The largest absolute Gasteiger partial charge is 0.378 e. The van der Waals surface area contributed by atoms with Gasteiger partial charge in [-0.1, -0.05) is 0 Å². The molecule has 0 saturated carbocycles. The molecular formula is C8H17N5O2. The molecule has 0 radical (unpaired) electrons. The molecule has 7 heteroatoms. The molecule has 0 aromatic carbocycles. The predicted octanol–water partition coefficient (Wildman–Crippen LogP) is -0.729. The average molecular weight is 215 g/mol. The van der Waals surface area contributed by atoms with Crippen LogP contribution in [-0.2, 0) is 9.57 Å². The second-order valence-corrected chi connectivity index (χ2v) is 3.35. The normalized spacial score (nSPS) is 15.7. The van der Waals surface area contributed by atoms with Gasteiger partial charge in [-0.05, 0) is 0 Å². The Morgan fingerprint density at radius 2 is 1.93 bits per heavy atom. The smallest absolute Gasteiger partial charge is 0.311 e. The molecule has 3 N–H and O–H groups in total. The summed E-state index contributed by atoms with van der Waals surface area (Å²) < 4.78 is 5.16. The first kappa shape index (κ1) is 11.6. The molecule has 0 aromatic heterocycles. The molecule has 1 fully saturated rings. The molecule has 15 heavy (non-hydrogen) atoms. The van der Waals surface area contributed by atoms with Crippen LogP contribution in [0.25, 0.3) is 0 Å². The zero-order valence-electron chi connectivity index (χ0n) is 9.04. The number of morpholine rings is 1. The van der Waals surface area contributed by atoms with Crippen molar-refractivity contribution in [3.63, 3.8) is 0 Å². The highest BCUT2D eigenvalue weighted by Gasteiger charge is 2.14. The van der Waals surface area contributed by atoms with Crippen LogP contribution < -0.4 is 5.48 Å². The first-order chi connectivity index (χ1) is 7.11. The van der Waals surface area contributed by atoms with Crippen molar-refractivity contribution in [2.45, 2.75) is 0 Å². The first-order valence-electron chi connectivity index (χ1n) is 4.71. The Labute approximate surface area is 88.9 Å². The van der Waals surface area contributed by atoms with Crippen molar-refractivity contribution in [1.82, 2.24) is 15.3 Å². The number of hydrogen-bond acceptors (Lipinski definition) is 4.